The molecule has 0 atom stereocenters. The molecule has 2 aromatic heterocycles. The van der Waals surface area contributed by atoms with Crippen molar-refractivity contribution in [2.45, 2.75) is 51.5 Å². The maximum absolute atomic E-state index is 13.1. The van der Waals surface area contributed by atoms with Crippen molar-refractivity contribution in [2.75, 3.05) is 18.4 Å². The van der Waals surface area contributed by atoms with Crippen molar-refractivity contribution in [1.82, 2.24) is 14.9 Å². The molecule has 1 saturated carbocycles. The van der Waals surface area contributed by atoms with Gasteiger partial charge in [0.2, 0.25) is 0 Å². The zero-order valence-electron chi connectivity index (χ0n) is 21.2. The minimum atomic E-state index is 0.274. The van der Waals surface area contributed by atoms with Crippen LogP contribution in [0.5, 0.6) is 0 Å². The van der Waals surface area contributed by atoms with Gasteiger partial charge in [0.1, 0.15) is 0 Å². The number of anilines is 2. The van der Waals surface area contributed by atoms with E-state index in [-0.39, 0.29) is 5.78 Å². The number of carbonyl (C=O) groups is 1. The Morgan fingerprint density at radius 1 is 0.973 bits per heavy atom. The lowest BCUT2D eigenvalue weighted by atomic mass is 9.78. The van der Waals surface area contributed by atoms with E-state index in [0.717, 1.165) is 59.3 Å². The lowest BCUT2D eigenvalue weighted by molar-refractivity contribution is 0.0941. The number of nitrogens with one attached hydrogen (secondary N) is 1. The van der Waals surface area contributed by atoms with Crippen molar-refractivity contribution in [3.05, 3.63) is 83.0 Å². The normalized spacial score (nSPS) is 20.0. The number of fused-ring (bicyclic) bond motifs is 2. The predicted molar refractivity (Wildman–Crippen MR) is 152 cm³/mol. The van der Waals surface area contributed by atoms with E-state index in [4.69, 9.17) is 4.98 Å². The molecule has 5 nitrogen and oxygen atoms in total. The molecule has 2 aromatic carbocycles. The highest BCUT2D eigenvalue weighted by molar-refractivity contribution is 7.15. The molecule has 6 rings (SSSR count). The molecule has 1 N–H and O–H groups in total. The summed E-state index contributed by atoms with van der Waals surface area (Å²) in [7, 11) is 0. The Kier molecular flexibility index (Phi) is 7.29. The first-order valence-electron chi connectivity index (χ1n) is 13.6. The predicted octanol–water partition coefficient (Wildman–Crippen LogP) is 7.26. The zero-order chi connectivity index (χ0) is 25.0. The van der Waals surface area contributed by atoms with Crippen molar-refractivity contribution in [2.24, 2.45) is 11.8 Å². The number of ketones is 1. The van der Waals surface area contributed by atoms with Gasteiger partial charge in [-0.05, 0) is 68.3 Å². The molecular weight excluding hydrogens is 476 g/mol. The van der Waals surface area contributed by atoms with Gasteiger partial charge in [0.15, 0.2) is 10.9 Å². The number of Topliss-reactive ketones (excluding diaryl/α,β-unsaturated/α-hetero) is 1. The quantitative estimate of drug-likeness (QED) is 0.253. The first kappa shape index (κ1) is 24.3. The highest BCUT2D eigenvalue weighted by Crippen LogP contribution is 2.35. The highest BCUT2D eigenvalue weighted by atomic mass is 32.1. The third kappa shape index (κ3) is 5.76. The van der Waals surface area contributed by atoms with E-state index in [2.05, 4.69) is 27.3 Å². The van der Waals surface area contributed by atoms with Crippen LogP contribution in [0, 0.1) is 11.8 Å². The van der Waals surface area contributed by atoms with Crippen molar-refractivity contribution >= 4 is 38.8 Å². The highest BCUT2D eigenvalue weighted by Gasteiger charge is 2.26. The Hall–Kier alpha value is -3.09. The van der Waals surface area contributed by atoms with Gasteiger partial charge in [-0.25, -0.2) is 4.98 Å². The molecule has 37 heavy (non-hydrogen) atoms. The van der Waals surface area contributed by atoms with Crippen LogP contribution in [0.25, 0.3) is 10.9 Å². The molecule has 190 valence electrons. The molecule has 3 heterocycles. The van der Waals surface area contributed by atoms with Gasteiger partial charge in [0.05, 0.1) is 11.2 Å². The molecule has 6 heteroatoms. The van der Waals surface area contributed by atoms with Crippen molar-refractivity contribution in [3.8, 4) is 0 Å². The maximum atomic E-state index is 13.1. The van der Waals surface area contributed by atoms with Gasteiger partial charge >= 0.3 is 0 Å². The van der Waals surface area contributed by atoms with Crippen LogP contribution in [0.1, 0.15) is 59.5 Å². The van der Waals surface area contributed by atoms with Gasteiger partial charge in [-0.15, -0.1) is 11.3 Å². The van der Waals surface area contributed by atoms with Crippen LogP contribution in [-0.4, -0.2) is 33.7 Å². The number of benzene rings is 2. The van der Waals surface area contributed by atoms with E-state index < -0.39 is 0 Å². The number of aromatic nitrogens is 2. The van der Waals surface area contributed by atoms with E-state index >= 15 is 0 Å². The third-order valence-electron chi connectivity index (χ3n) is 8.07. The summed E-state index contributed by atoms with van der Waals surface area (Å²) in [6, 6.07) is 20.1. The molecule has 4 aromatic rings. The number of rotatable bonds is 8. The molecule has 2 aliphatic rings. The summed E-state index contributed by atoms with van der Waals surface area (Å²) >= 11 is 1.80. The average molecular weight is 511 g/mol. The topological polar surface area (TPSA) is 58.1 Å². The molecule has 0 unspecified atom stereocenters. The van der Waals surface area contributed by atoms with Crippen LogP contribution >= 0.6 is 11.3 Å². The molecule has 0 amide bonds. The smallest absolute Gasteiger partial charge is 0.187 e. The molecule has 0 radical (unpaired) electrons. The van der Waals surface area contributed by atoms with E-state index in [1.165, 1.54) is 42.7 Å². The van der Waals surface area contributed by atoms with Crippen LogP contribution in [0.4, 0.5) is 10.8 Å². The largest absolute Gasteiger partial charge is 0.332 e. The van der Waals surface area contributed by atoms with Gasteiger partial charge in [-0.1, -0.05) is 49.2 Å². The second kappa shape index (κ2) is 11.1. The summed E-state index contributed by atoms with van der Waals surface area (Å²) < 4.78 is 0. The van der Waals surface area contributed by atoms with Crippen molar-refractivity contribution < 1.29 is 4.79 Å². The number of hydrogen-bond donors (Lipinski definition) is 1. The lowest BCUT2D eigenvalue weighted by Crippen LogP contribution is -2.32. The second-order valence-electron chi connectivity index (χ2n) is 10.6. The summed E-state index contributed by atoms with van der Waals surface area (Å²) in [5, 5.41) is 5.45. The molecule has 0 spiro atoms. The van der Waals surface area contributed by atoms with Gasteiger partial charge in [0, 0.05) is 47.2 Å². The minimum Gasteiger partial charge on any atom is -0.332 e. The molecule has 1 aliphatic carbocycles. The van der Waals surface area contributed by atoms with Crippen LogP contribution in [0.3, 0.4) is 0 Å². The first-order valence-corrected chi connectivity index (χ1v) is 14.4. The number of pyridine rings is 1. The lowest BCUT2D eigenvalue weighted by Gasteiger charge is -2.31. The Labute approximate surface area is 223 Å². The fourth-order valence-electron chi connectivity index (χ4n) is 5.95. The Bertz CT molecular complexity index is 1350. The van der Waals surface area contributed by atoms with Gasteiger partial charge in [-0.3, -0.25) is 14.7 Å². The molecule has 0 bridgehead atoms. The van der Waals surface area contributed by atoms with E-state index in [0.29, 0.717) is 12.3 Å². The van der Waals surface area contributed by atoms with Gasteiger partial charge in [-0.2, -0.15) is 0 Å². The summed E-state index contributed by atoms with van der Waals surface area (Å²) in [6.45, 7) is 3.24. The Balaban J connectivity index is 0.962. The third-order valence-corrected chi connectivity index (χ3v) is 9.14. The number of nitrogens with zero attached hydrogens (tertiary/aromatic N) is 3. The van der Waals surface area contributed by atoms with Gasteiger partial charge < -0.3 is 5.32 Å². The fraction of sp³-hybridized carbons (Fsp3) is 0.387. The van der Waals surface area contributed by atoms with E-state index in [1.54, 1.807) is 17.5 Å². The summed E-state index contributed by atoms with van der Waals surface area (Å²) in [5.74, 6) is 1.56. The Morgan fingerprint density at radius 2 is 1.81 bits per heavy atom. The summed E-state index contributed by atoms with van der Waals surface area (Å²) in [5.41, 5.74) is 4.09. The molecular formula is C31H34N4OS. The maximum Gasteiger partial charge on any atom is 0.187 e. The monoisotopic (exact) mass is 510 g/mol. The van der Waals surface area contributed by atoms with E-state index in [1.807, 2.05) is 48.5 Å². The Morgan fingerprint density at radius 3 is 2.68 bits per heavy atom. The standard InChI is InChI=1S/C31H34N4OS/c36-29(26-8-4-10-27-25(26)9-5-17-32-27)20-23-13-11-22(12-14-23)15-18-35-19-16-30-28(21-35)34-31(37-30)33-24-6-2-1-3-7-24/h1-10,17,22-23H,11-16,18-21H2,(H,33,34). The van der Waals surface area contributed by atoms with E-state index in [9.17, 15) is 4.79 Å². The second-order valence-corrected chi connectivity index (χ2v) is 11.7. The summed E-state index contributed by atoms with van der Waals surface area (Å²) in [6.07, 6.45) is 9.64. The average Bonchev–Trinajstić information content (AvgIpc) is 3.34. The van der Waals surface area contributed by atoms with Crippen molar-refractivity contribution in [3.63, 3.8) is 0 Å². The minimum absolute atomic E-state index is 0.274. The first-order chi connectivity index (χ1) is 18.2. The van der Waals surface area contributed by atoms with Crippen molar-refractivity contribution in [1.29, 1.82) is 0 Å². The number of hydrogen-bond acceptors (Lipinski definition) is 6. The van der Waals surface area contributed by atoms with Crippen LogP contribution in [0.2, 0.25) is 0 Å². The molecule has 0 saturated heterocycles. The number of carbonyl (C=O) groups excluding carboxylic acids is 1. The van der Waals surface area contributed by atoms with Crippen LogP contribution in [0.15, 0.2) is 66.9 Å². The number of para-hydroxylation sites is 1. The fourth-order valence-corrected chi connectivity index (χ4v) is 6.93. The SMILES string of the molecule is O=C(CC1CCC(CCN2CCc3sc(Nc4ccccc4)nc3C2)CC1)c1cccc2ncccc12. The van der Waals surface area contributed by atoms with Crippen LogP contribution in [-0.2, 0) is 13.0 Å². The molecule has 1 aliphatic heterocycles. The summed E-state index contributed by atoms with van der Waals surface area (Å²) in [4.78, 5) is 26.4. The molecule has 1 fully saturated rings. The van der Waals surface area contributed by atoms with Gasteiger partial charge in [0.25, 0.3) is 0 Å². The zero-order valence-corrected chi connectivity index (χ0v) is 22.1. The number of thiazole rings is 1. The van der Waals surface area contributed by atoms with Crippen LogP contribution < -0.4 is 5.32 Å².